The zero-order valence-electron chi connectivity index (χ0n) is 14.5. The van der Waals surface area contributed by atoms with Crippen LogP contribution >= 0.6 is 0 Å². The number of ether oxygens (including phenoxy) is 1. The summed E-state index contributed by atoms with van der Waals surface area (Å²) in [5.74, 6) is 1.05. The molecule has 1 unspecified atom stereocenters. The van der Waals surface area contributed by atoms with Gasteiger partial charge in [-0.3, -0.25) is 0 Å². The molecule has 0 aromatic heterocycles. The summed E-state index contributed by atoms with van der Waals surface area (Å²) in [6.45, 7) is 14.5. The molecule has 2 rings (SSSR count). The summed E-state index contributed by atoms with van der Waals surface area (Å²) in [5.41, 5.74) is 2.87. The highest BCUT2D eigenvalue weighted by Gasteiger charge is 2.34. The molecule has 2 heteroatoms. The normalized spacial score (nSPS) is 20.8. The molecule has 0 spiro atoms. The molecule has 2 nitrogen and oxygen atoms in total. The Kier molecular flexibility index (Phi) is 4.67. The predicted molar refractivity (Wildman–Crippen MR) is 90.1 cm³/mol. The number of fused-ring (bicyclic) bond motifs is 1. The second-order valence-corrected chi connectivity index (χ2v) is 7.56. The quantitative estimate of drug-likeness (QED) is 0.825. The van der Waals surface area contributed by atoms with E-state index in [1.807, 2.05) is 0 Å². The number of benzene rings is 1. The lowest BCUT2D eigenvalue weighted by Gasteiger charge is -2.39. The molecule has 118 valence electrons. The number of hydrogen-bond donors (Lipinski definition) is 1. The van der Waals surface area contributed by atoms with Crippen LogP contribution in [0, 0.1) is 0 Å². The SMILES string of the molecule is CCCNC1CC(C)(C)Oc2ccc(C(C)(C)CC)cc21. The van der Waals surface area contributed by atoms with Crippen LogP contribution in [0.1, 0.15) is 78.0 Å². The Balaban J connectivity index is 2.38. The molecule has 1 aliphatic heterocycles. The smallest absolute Gasteiger partial charge is 0.124 e. The molecule has 1 N–H and O–H groups in total. The van der Waals surface area contributed by atoms with Crippen molar-refractivity contribution < 1.29 is 4.74 Å². The average molecular weight is 289 g/mol. The van der Waals surface area contributed by atoms with Crippen LogP contribution in [0.25, 0.3) is 0 Å². The van der Waals surface area contributed by atoms with Gasteiger partial charge in [0.15, 0.2) is 0 Å². The van der Waals surface area contributed by atoms with Crippen LogP contribution < -0.4 is 10.1 Å². The third-order valence-electron chi connectivity index (χ3n) is 4.77. The van der Waals surface area contributed by atoms with Gasteiger partial charge < -0.3 is 10.1 Å². The molecule has 1 atom stereocenters. The highest BCUT2D eigenvalue weighted by Crippen LogP contribution is 2.41. The van der Waals surface area contributed by atoms with Crippen LogP contribution in [0.15, 0.2) is 18.2 Å². The van der Waals surface area contributed by atoms with Crippen LogP contribution in [-0.4, -0.2) is 12.1 Å². The maximum absolute atomic E-state index is 6.19. The van der Waals surface area contributed by atoms with E-state index in [1.165, 1.54) is 11.1 Å². The summed E-state index contributed by atoms with van der Waals surface area (Å²) < 4.78 is 6.19. The third kappa shape index (κ3) is 3.60. The highest BCUT2D eigenvalue weighted by atomic mass is 16.5. The lowest BCUT2D eigenvalue weighted by Crippen LogP contribution is -2.39. The summed E-state index contributed by atoms with van der Waals surface area (Å²) in [4.78, 5) is 0. The molecule has 21 heavy (non-hydrogen) atoms. The minimum absolute atomic E-state index is 0.0970. The van der Waals surface area contributed by atoms with Gasteiger partial charge in [0.05, 0.1) is 0 Å². The molecule has 1 aromatic carbocycles. The van der Waals surface area contributed by atoms with E-state index >= 15 is 0 Å². The maximum atomic E-state index is 6.19. The monoisotopic (exact) mass is 289 g/mol. The fourth-order valence-electron chi connectivity index (χ4n) is 2.98. The van der Waals surface area contributed by atoms with E-state index in [4.69, 9.17) is 4.74 Å². The molecule has 0 aliphatic carbocycles. The fourth-order valence-corrected chi connectivity index (χ4v) is 2.98. The highest BCUT2D eigenvalue weighted by molar-refractivity contribution is 5.43. The Morgan fingerprint density at radius 1 is 1.29 bits per heavy atom. The molecule has 0 saturated heterocycles. The van der Waals surface area contributed by atoms with E-state index in [1.54, 1.807) is 0 Å². The first-order chi connectivity index (χ1) is 9.79. The largest absolute Gasteiger partial charge is 0.487 e. The minimum atomic E-state index is -0.0970. The molecule has 1 aliphatic rings. The van der Waals surface area contributed by atoms with E-state index < -0.39 is 0 Å². The Morgan fingerprint density at radius 2 is 2.00 bits per heavy atom. The standard InChI is InChI=1S/C19H31NO/c1-7-11-20-16-13-19(5,6)21-17-10-9-14(12-15(16)17)18(3,4)8-2/h9-10,12,16,20H,7-8,11,13H2,1-6H3. The number of rotatable bonds is 5. The van der Waals surface area contributed by atoms with Gasteiger partial charge in [0.25, 0.3) is 0 Å². The van der Waals surface area contributed by atoms with Crippen LogP contribution in [0.2, 0.25) is 0 Å². The van der Waals surface area contributed by atoms with Gasteiger partial charge in [0, 0.05) is 18.0 Å². The van der Waals surface area contributed by atoms with E-state index in [9.17, 15) is 0 Å². The van der Waals surface area contributed by atoms with Gasteiger partial charge in [-0.15, -0.1) is 0 Å². The average Bonchev–Trinajstić information content (AvgIpc) is 2.43. The van der Waals surface area contributed by atoms with Crippen molar-refractivity contribution >= 4 is 0 Å². The first kappa shape index (κ1) is 16.4. The molecule has 0 bridgehead atoms. The van der Waals surface area contributed by atoms with Crippen LogP contribution in [0.4, 0.5) is 0 Å². The summed E-state index contributed by atoms with van der Waals surface area (Å²) in [6, 6.07) is 7.17. The van der Waals surface area contributed by atoms with Gasteiger partial charge in [-0.1, -0.05) is 33.8 Å². The van der Waals surface area contributed by atoms with Crippen molar-refractivity contribution in [2.75, 3.05) is 6.54 Å². The van der Waals surface area contributed by atoms with Crippen molar-refractivity contribution in [1.82, 2.24) is 5.32 Å². The summed E-state index contributed by atoms with van der Waals surface area (Å²) >= 11 is 0. The molecule has 1 aromatic rings. The Morgan fingerprint density at radius 3 is 2.62 bits per heavy atom. The molecular weight excluding hydrogens is 258 g/mol. The van der Waals surface area contributed by atoms with E-state index in [0.717, 1.165) is 31.6 Å². The van der Waals surface area contributed by atoms with E-state index in [-0.39, 0.29) is 11.0 Å². The first-order valence-electron chi connectivity index (χ1n) is 8.36. The van der Waals surface area contributed by atoms with Gasteiger partial charge >= 0.3 is 0 Å². The van der Waals surface area contributed by atoms with Crippen molar-refractivity contribution in [2.45, 2.75) is 77.9 Å². The van der Waals surface area contributed by atoms with Crippen LogP contribution in [0.3, 0.4) is 0 Å². The molecular formula is C19H31NO. The van der Waals surface area contributed by atoms with Gasteiger partial charge in [-0.05, 0) is 56.3 Å². The van der Waals surface area contributed by atoms with Gasteiger partial charge in [0.1, 0.15) is 11.4 Å². The van der Waals surface area contributed by atoms with Gasteiger partial charge in [-0.25, -0.2) is 0 Å². The van der Waals surface area contributed by atoms with Crippen molar-refractivity contribution in [3.8, 4) is 5.75 Å². The lowest BCUT2D eigenvalue weighted by molar-refractivity contribution is 0.0660. The number of hydrogen-bond acceptors (Lipinski definition) is 2. The second-order valence-electron chi connectivity index (χ2n) is 7.56. The molecule has 0 radical (unpaired) electrons. The predicted octanol–water partition coefficient (Wildman–Crippen LogP) is 4.98. The number of nitrogens with one attached hydrogen (secondary N) is 1. The topological polar surface area (TPSA) is 21.3 Å². The summed E-state index contributed by atoms with van der Waals surface area (Å²) in [6.07, 6.45) is 3.33. The van der Waals surface area contributed by atoms with Gasteiger partial charge in [-0.2, -0.15) is 0 Å². The third-order valence-corrected chi connectivity index (χ3v) is 4.77. The van der Waals surface area contributed by atoms with Gasteiger partial charge in [0.2, 0.25) is 0 Å². The van der Waals surface area contributed by atoms with E-state index in [2.05, 4.69) is 65.1 Å². The molecule has 0 saturated carbocycles. The molecule has 1 heterocycles. The fraction of sp³-hybridized carbons (Fsp3) is 0.684. The first-order valence-corrected chi connectivity index (χ1v) is 8.36. The summed E-state index contributed by atoms with van der Waals surface area (Å²) in [5, 5.41) is 3.70. The maximum Gasteiger partial charge on any atom is 0.124 e. The Bertz CT molecular complexity index is 490. The zero-order chi connectivity index (χ0) is 15.7. The zero-order valence-corrected chi connectivity index (χ0v) is 14.5. The van der Waals surface area contributed by atoms with Crippen molar-refractivity contribution in [1.29, 1.82) is 0 Å². The van der Waals surface area contributed by atoms with Crippen molar-refractivity contribution in [2.24, 2.45) is 0 Å². The Labute approximate surface area is 130 Å². The van der Waals surface area contributed by atoms with E-state index in [0.29, 0.717) is 6.04 Å². The van der Waals surface area contributed by atoms with Crippen molar-refractivity contribution in [3.05, 3.63) is 29.3 Å². The summed E-state index contributed by atoms with van der Waals surface area (Å²) in [7, 11) is 0. The van der Waals surface area contributed by atoms with Crippen LogP contribution in [-0.2, 0) is 5.41 Å². The second kappa shape index (κ2) is 6.00. The molecule has 0 fully saturated rings. The van der Waals surface area contributed by atoms with Crippen LogP contribution in [0.5, 0.6) is 5.75 Å². The lowest BCUT2D eigenvalue weighted by atomic mass is 9.79. The van der Waals surface area contributed by atoms with Crippen molar-refractivity contribution in [3.63, 3.8) is 0 Å². The molecule has 0 amide bonds. The minimum Gasteiger partial charge on any atom is -0.487 e. The Hall–Kier alpha value is -1.02.